The molecular formula is C30H28F2N6O3. The van der Waals surface area contributed by atoms with E-state index in [1.54, 1.807) is 32.6 Å². The van der Waals surface area contributed by atoms with Crippen LogP contribution in [-0.4, -0.2) is 70.3 Å². The molecule has 0 unspecified atom stereocenters. The van der Waals surface area contributed by atoms with Crippen molar-refractivity contribution >= 4 is 28.4 Å². The number of carboxylic acids is 1. The number of rotatable bonds is 4. The van der Waals surface area contributed by atoms with E-state index in [-0.39, 0.29) is 22.6 Å². The third-order valence-corrected chi connectivity index (χ3v) is 8.89. The number of benzene rings is 1. The van der Waals surface area contributed by atoms with Crippen molar-refractivity contribution in [3.8, 4) is 22.3 Å². The number of aromatic nitrogens is 3. The summed E-state index contributed by atoms with van der Waals surface area (Å²) in [5.41, 5.74) is 3.90. The minimum atomic E-state index is -1.32. The smallest absolute Gasteiger partial charge is 0.341 e. The maximum atomic E-state index is 15.7. The average molecular weight is 559 g/mol. The van der Waals surface area contributed by atoms with Gasteiger partial charge < -0.3 is 24.8 Å². The fraction of sp³-hybridized carbons (Fsp3) is 0.333. The molecule has 2 atom stereocenters. The summed E-state index contributed by atoms with van der Waals surface area (Å²) in [5, 5.41) is 12.8. The number of hydrogen-bond donors (Lipinski definition) is 2. The Morgan fingerprint density at radius 3 is 2.68 bits per heavy atom. The zero-order valence-corrected chi connectivity index (χ0v) is 22.8. The Hall–Kier alpha value is -4.38. The number of anilines is 2. The van der Waals surface area contributed by atoms with Crippen molar-refractivity contribution in [1.82, 2.24) is 19.4 Å². The first-order valence-electron chi connectivity index (χ1n) is 13.6. The van der Waals surface area contributed by atoms with Crippen LogP contribution >= 0.6 is 0 Å². The maximum Gasteiger partial charge on any atom is 0.341 e. The van der Waals surface area contributed by atoms with E-state index in [0.717, 1.165) is 31.7 Å². The van der Waals surface area contributed by atoms with Gasteiger partial charge in [-0.15, -0.1) is 0 Å². The molecule has 2 aliphatic heterocycles. The van der Waals surface area contributed by atoms with Crippen LogP contribution in [-0.2, 0) is 13.5 Å². The number of likely N-dealkylation sites (tertiary alicyclic amines) is 1. The van der Waals surface area contributed by atoms with Crippen molar-refractivity contribution in [2.75, 3.05) is 43.9 Å². The van der Waals surface area contributed by atoms with Gasteiger partial charge in [0, 0.05) is 98.8 Å². The lowest BCUT2D eigenvalue weighted by atomic mass is 9.96. The van der Waals surface area contributed by atoms with E-state index in [1.165, 1.54) is 16.8 Å². The highest BCUT2D eigenvalue weighted by molar-refractivity contribution is 5.99. The number of carbonyl (C=O) groups is 1. The van der Waals surface area contributed by atoms with E-state index in [4.69, 9.17) is 4.98 Å². The molecule has 0 bridgehead atoms. The van der Waals surface area contributed by atoms with E-state index < -0.39 is 23.0 Å². The molecule has 9 nitrogen and oxygen atoms in total. The second kappa shape index (κ2) is 9.07. The number of likely N-dealkylation sites (N-methyl/N-ethyl adjacent to an activating group) is 1. The number of hydrogen-bond acceptors (Lipinski definition) is 7. The highest BCUT2D eigenvalue weighted by atomic mass is 19.2. The first kappa shape index (κ1) is 25.6. The molecule has 0 radical (unpaired) electrons. The molecule has 41 heavy (non-hydrogen) atoms. The molecule has 210 valence electrons. The van der Waals surface area contributed by atoms with Gasteiger partial charge in [0.1, 0.15) is 11.2 Å². The van der Waals surface area contributed by atoms with Gasteiger partial charge in [-0.1, -0.05) is 0 Å². The Morgan fingerprint density at radius 2 is 1.93 bits per heavy atom. The largest absolute Gasteiger partial charge is 0.477 e. The third-order valence-electron chi connectivity index (χ3n) is 8.89. The summed E-state index contributed by atoms with van der Waals surface area (Å²) in [4.78, 5) is 38.8. The fourth-order valence-electron chi connectivity index (χ4n) is 7.06. The molecule has 3 aromatic heterocycles. The van der Waals surface area contributed by atoms with Gasteiger partial charge in [-0.2, -0.15) is 0 Å². The van der Waals surface area contributed by atoms with Crippen LogP contribution < -0.4 is 15.6 Å². The van der Waals surface area contributed by atoms with Crippen molar-refractivity contribution in [3.63, 3.8) is 0 Å². The lowest BCUT2D eigenvalue weighted by Crippen LogP contribution is -2.35. The molecule has 0 saturated carbocycles. The van der Waals surface area contributed by atoms with Crippen molar-refractivity contribution in [3.05, 3.63) is 69.4 Å². The lowest BCUT2D eigenvalue weighted by Gasteiger charge is -2.31. The normalized spacial score (nSPS) is 19.5. The van der Waals surface area contributed by atoms with Crippen LogP contribution in [0.15, 0.2) is 35.5 Å². The van der Waals surface area contributed by atoms with E-state index in [1.807, 2.05) is 0 Å². The van der Waals surface area contributed by atoms with E-state index >= 15 is 4.39 Å². The van der Waals surface area contributed by atoms with Gasteiger partial charge in [0.2, 0.25) is 5.43 Å². The molecule has 1 aromatic carbocycles. The van der Waals surface area contributed by atoms with Crippen LogP contribution in [0, 0.1) is 17.6 Å². The maximum absolute atomic E-state index is 15.7. The number of fused-ring (bicyclic) bond motifs is 5. The molecule has 5 heterocycles. The molecule has 2 saturated heterocycles. The summed E-state index contributed by atoms with van der Waals surface area (Å²) in [6.45, 7) is 2.53. The zero-order valence-electron chi connectivity index (χ0n) is 22.8. The van der Waals surface area contributed by atoms with Gasteiger partial charge in [-0.05, 0) is 31.0 Å². The SMILES string of the molecule is CNc1cc(F)c(F)c2c1Cc1ncc(-c3cnc4c(c3)c(=O)c(C(=O)O)cn4C)c(N3CC[C@@H]4CN(C)C[C@@H]43)c1-2. The number of nitrogens with zero attached hydrogens (tertiary/aromatic N) is 5. The van der Waals surface area contributed by atoms with Gasteiger partial charge in [0.15, 0.2) is 11.6 Å². The van der Waals surface area contributed by atoms with Gasteiger partial charge in [0.25, 0.3) is 0 Å². The van der Waals surface area contributed by atoms with E-state index in [9.17, 15) is 19.1 Å². The molecule has 3 aliphatic rings. The molecule has 11 heteroatoms. The Balaban J connectivity index is 1.52. The van der Waals surface area contributed by atoms with Gasteiger partial charge in [-0.3, -0.25) is 9.78 Å². The number of carboxylic acid groups (broad SMARTS) is 1. The number of halogens is 2. The van der Waals surface area contributed by atoms with E-state index in [2.05, 4.69) is 27.1 Å². The Kier molecular flexibility index (Phi) is 5.66. The third kappa shape index (κ3) is 3.68. The van der Waals surface area contributed by atoms with Crippen LogP contribution in [0.1, 0.15) is 28.0 Å². The summed E-state index contributed by atoms with van der Waals surface area (Å²) >= 11 is 0. The van der Waals surface area contributed by atoms with Crippen LogP contribution in [0.4, 0.5) is 20.2 Å². The van der Waals surface area contributed by atoms with Crippen molar-refractivity contribution in [1.29, 1.82) is 0 Å². The summed E-state index contributed by atoms with van der Waals surface area (Å²) < 4.78 is 32.1. The molecule has 0 amide bonds. The summed E-state index contributed by atoms with van der Waals surface area (Å²) in [6.07, 6.45) is 5.92. The van der Waals surface area contributed by atoms with Gasteiger partial charge in [0.05, 0.1) is 16.8 Å². The van der Waals surface area contributed by atoms with Gasteiger partial charge >= 0.3 is 5.97 Å². The van der Waals surface area contributed by atoms with E-state index in [0.29, 0.717) is 51.6 Å². The van der Waals surface area contributed by atoms with Crippen LogP contribution in [0.3, 0.4) is 0 Å². The van der Waals surface area contributed by atoms with Crippen molar-refractivity contribution in [2.45, 2.75) is 18.9 Å². The standard InChI is InChI=1S/C30H28F2N6O3/c1-33-21-8-20(31)26(32)24-16(21)7-22-25(24)27(38-5-4-14-11-36(2)13-23(14)38)18(10-34-22)15-6-17-28(39)19(30(40)41)12-37(3)29(17)35-9-15/h6,8-10,12,14,23,33H,4-5,7,11,13H2,1-3H3,(H,40,41)/t14-,23+/m1/s1. The second-order valence-corrected chi connectivity index (χ2v) is 11.3. The molecule has 1 aliphatic carbocycles. The zero-order chi connectivity index (χ0) is 28.7. The lowest BCUT2D eigenvalue weighted by molar-refractivity contribution is 0.0695. The quantitative estimate of drug-likeness (QED) is 0.344. The monoisotopic (exact) mass is 558 g/mol. The predicted octanol–water partition coefficient (Wildman–Crippen LogP) is 3.73. The molecular weight excluding hydrogens is 530 g/mol. The predicted molar refractivity (Wildman–Crippen MR) is 152 cm³/mol. The Morgan fingerprint density at radius 1 is 1.12 bits per heavy atom. The summed E-state index contributed by atoms with van der Waals surface area (Å²) in [7, 11) is 5.40. The molecule has 4 aromatic rings. The molecule has 0 spiro atoms. The van der Waals surface area contributed by atoms with Crippen molar-refractivity contribution < 1.29 is 18.7 Å². The molecule has 7 rings (SSSR count). The highest BCUT2D eigenvalue weighted by Crippen LogP contribution is 2.52. The van der Waals surface area contributed by atoms with Crippen molar-refractivity contribution in [2.24, 2.45) is 13.0 Å². The van der Waals surface area contributed by atoms with Crippen LogP contribution in [0.2, 0.25) is 0 Å². The number of aryl methyl sites for hydroxylation is 1. The number of pyridine rings is 3. The minimum Gasteiger partial charge on any atom is -0.477 e. The highest BCUT2D eigenvalue weighted by Gasteiger charge is 2.43. The fourth-order valence-corrected chi connectivity index (χ4v) is 7.06. The number of aromatic carboxylic acids is 1. The average Bonchev–Trinajstić information content (AvgIpc) is 3.64. The second-order valence-electron chi connectivity index (χ2n) is 11.3. The minimum absolute atomic E-state index is 0.159. The molecule has 2 fully saturated rings. The Bertz CT molecular complexity index is 1860. The van der Waals surface area contributed by atoms with Crippen LogP contribution in [0.25, 0.3) is 33.3 Å². The summed E-state index contributed by atoms with van der Waals surface area (Å²) in [6, 6.07) is 2.99. The molecule has 2 N–H and O–H groups in total. The van der Waals surface area contributed by atoms with Crippen LogP contribution in [0.5, 0.6) is 0 Å². The summed E-state index contributed by atoms with van der Waals surface area (Å²) in [5.74, 6) is -2.73. The first-order chi connectivity index (χ1) is 19.7. The first-order valence-corrected chi connectivity index (χ1v) is 13.6. The number of nitrogens with one attached hydrogen (secondary N) is 1. The Labute approximate surface area is 234 Å². The van der Waals surface area contributed by atoms with Gasteiger partial charge in [-0.25, -0.2) is 18.6 Å². The topological polar surface area (TPSA) is 104 Å².